The first-order valence-corrected chi connectivity index (χ1v) is 7.55. The van der Waals surface area contributed by atoms with Gasteiger partial charge >= 0.3 is 12.1 Å². The number of carbonyl (C=O) groups excluding carboxylic acids is 1. The average molecular weight is 323 g/mol. The summed E-state index contributed by atoms with van der Waals surface area (Å²) >= 11 is 0. The number of carbonyl (C=O) groups is 2. The summed E-state index contributed by atoms with van der Waals surface area (Å²) in [4.78, 5) is 22.7. The third-order valence-electron chi connectivity index (χ3n) is 3.82. The van der Waals surface area contributed by atoms with E-state index in [-0.39, 0.29) is 6.42 Å². The Bertz CT molecular complexity index is 572. The van der Waals surface area contributed by atoms with Crippen LogP contribution in [-0.4, -0.2) is 28.9 Å². The lowest BCUT2D eigenvalue weighted by Crippen LogP contribution is -2.32. The molecule has 0 aromatic heterocycles. The minimum absolute atomic E-state index is 0.223. The Morgan fingerprint density at radius 3 is 2.22 bits per heavy atom. The Morgan fingerprint density at radius 2 is 1.78 bits per heavy atom. The van der Waals surface area contributed by atoms with Gasteiger partial charge in [0.1, 0.15) is 17.4 Å². The molecule has 0 heterocycles. The molecular weight excluding hydrogens is 298 g/mol. The van der Waals surface area contributed by atoms with E-state index in [1.807, 2.05) is 20.8 Å². The van der Waals surface area contributed by atoms with E-state index in [4.69, 9.17) is 20.3 Å². The SMILES string of the molecule is CCC(C)(C)OC(=O)Oc1cc(C)c(C[C@H](N)C(=O)O)c(C)c1. The number of aliphatic carboxylic acids is 1. The minimum atomic E-state index is -1.05. The molecule has 0 aliphatic heterocycles. The van der Waals surface area contributed by atoms with E-state index in [1.165, 1.54) is 0 Å². The molecule has 0 fully saturated rings. The van der Waals surface area contributed by atoms with Gasteiger partial charge in [-0.2, -0.15) is 0 Å². The van der Waals surface area contributed by atoms with Gasteiger partial charge in [0.15, 0.2) is 0 Å². The Labute approximate surface area is 136 Å². The average Bonchev–Trinajstić information content (AvgIpc) is 2.41. The monoisotopic (exact) mass is 323 g/mol. The lowest BCUT2D eigenvalue weighted by Gasteiger charge is -2.22. The van der Waals surface area contributed by atoms with Crippen molar-refractivity contribution >= 4 is 12.1 Å². The number of carboxylic acids is 1. The first-order valence-electron chi connectivity index (χ1n) is 7.55. The van der Waals surface area contributed by atoms with Crippen molar-refractivity contribution in [3.8, 4) is 5.75 Å². The largest absolute Gasteiger partial charge is 0.514 e. The molecule has 1 aromatic rings. The summed E-state index contributed by atoms with van der Waals surface area (Å²) in [6.07, 6.45) is 0.137. The van der Waals surface area contributed by atoms with Crippen LogP contribution in [0.5, 0.6) is 5.75 Å². The maximum Gasteiger partial charge on any atom is 0.514 e. The highest BCUT2D eigenvalue weighted by molar-refractivity contribution is 5.73. The van der Waals surface area contributed by atoms with Gasteiger partial charge < -0.3 is 20.3 Å². The molecule has 0 spiro atoms. The Balaban J connectivity index is 2.88. The molecule has 1 aromatic carbocycles. The first-order chi connectivity index (χ1) is 10.6. The fourth-order valence-corrected chi connectivity index (χ4v) is 2.06. The summed E-state index contributed by atoms with van der Waals surface area (Å²) in [7, 11) is 0. The normalized spacial score (nSPS) is 12.6. The standard InChI is InChI=1S/C17H25NO5/c1-6-17(4,5)23-16(21)22-12-7-10(2)13(11(3)8-12)9-14(18)15(19)20/h7-8,14H,6,9,18H2,1-5H3,(H,19,20)/t14-/m0/s1. The van der Waals surface area contributed by atoms with Gasteiger partial charge in [0.05, 0.1) is 0 Å². The van der Waals surface area contributed by atoms with Crippen LogP contribution < -0.4 is 10.5 Å². The molecule has 128 valence electrons. The summed E-state index contributed by atoms with van der Waals surface area (Å²) in [5.74, 6) is -0.681. The summed E-state index contributed by atoms with van der Waals surface area (Å²) in [6, 6.07) is 2.39. The van der Waals surface area contributed by atoms with Crippen LogP contribution in [0.15, 0.2) is 12.1 Å². The molecule has 6 heteroatoms. The molecule has 1 rings (SSSR count). The molecular formula is C17H25NO5. The highest BCUT2D eigenvalue weighted by Gasteiger charge is 2.22. The number of rotatable bonds is 6. The van der Waals surface area contributed by atoms with Crippen molar-refractivity contribution in [3.63, 3.8) is 0 Å². The van der Waals surface area contributed by atoms with E-state index in [2.05, 4.69) is 0 Å². The van der Waals surface area contributed by atoms with Gasteiger partial charge in [-0.15, -0.1) is 0 Å². The van der Waals surface area contributed by atoms with Crippen molar-refractivity contribution in [1.29, 1.82) is 0 Å². The lowest BCUT2D eigenvalue weighted by atomic mass is 9.96. The molecule has 23 heavy (non-hydrogen) atoms. The molecule has 1 atom stereocenters. The molecule has 0 radical (unpaired) electrons. The number of carboxylic acid groups (broad SMARTS) is 1. The van der Waals surface area contributed by atoms with E-state index < -0.39 is 23.8 Å². The van der Waals surface area contributed by atoms with E-state index >= 15 is 0 Å². The van der Waals surface area contributed by atoms with E-state index in [0.717, 1.165) is 16.7 Å². The molecule has 0 saturated carbocycles. The predicted octanol–water partition coefficient (Wildman–Crippen LogP) is 2.96. The van der Waals surface area contributed by atoms with Crippen LogP contribution in [0.3, 0.4) is 0 Å². The van der Waals surface area contributed by atoms with E-state index in [0.29, 0.717) is 12.2 Å². The summed E-state index contributed by atoms with van der Waals surface area (Å²) < 4.78 is 10.5. The zero-order chi connectivity index (χ0) is 17.8. The quantitative estimate of drug-likeness (QED) is 0.617. The Morgan fingerprint density at radius 1 is 1.26 bits per heavy atom. The fourth-order valence-electron chi connectivity index (χ4n) is 2.06. The maximum absolute atomic E-state index is 11.8. The second-order valence-electron chi connectivity index (χ2n) is 6.25. The Hall–Kier alpha value is -2.08. The number of aryl methyl sites for hydroxylation is 2. The lowest BCUT2D eigenvalue weighted by molar-refractivity contribution is -0.138. The Kier molecular flexibility index (Phi) is 6.15. The molecule has 0 saturated heterocycles. The minimum Gasteiger partial charge on any atom is -0.480 e. The van der Waals surface area contributed by atoms with Crippen LogP contribution >= 0.6 is 0 Å². The second-order valence-corrected chi connectivity index (χ2v) is 6.25. The van der Waals surface area contributed by atoms with E-state index in [9.17, 15) is 9.59 Å². The number of ether oxygens (including phenoxy) is 2. The number of hydrogen-bond acceptors (Lipinski definition) is 5. The zero-order valence-corrected chi connectivity index (χ0v) is 14.3. The number of hydrogen-bond donors (Lipinski definition) is 2. The molecule has 6 nitrogen and oxygen atoms in total. The van der Waals surface area contributed by atoms with Crippen LogP contribution in [0.25, 0.3) is 0 Å². The highest BCUT2D eigenvalue weighted by atomic mass is 16.7. The molecule has 0 aliphatic rings. The highest BCUT2D eigenvalue weighted by Crippen LogP contribution is 2.24. The maximum atomic E-state index is 11.8. The van der Waals surface area contributed by atoms with Crippen molar-refractivity contribution < 1.29 is 24.2 Å². The molecule has 0 amide bonds. The van der Waals surface area contributed by atoms with E-state index in [1.54, 1.807) is 26.0 Å². The van der Waals surface area contributed by atoms with Crippen LogP contribution in [0.4, 0.5) is 4.79 Å². The van der Waals surface area contributed by atoms with Crippen molar-refractivity contribution in [2.45, 2.75) is 59.1 Å². The molecule has 0 unspecified atom stereocenters. The first kappa shape index (κ1) is 19.0. The topological polar surface area (TPSA) is 98.9 Å². The van der Waals surface area contributed by atoms with Crippen molar-refractivity contribution in [3.05, 3.63) is 28.8 Å². The summed E-state index contributed by atoms with van der Waals surface area (Å²) in [5.41, 5.74) is 7.48. The zero-order valence-electron chi connectivity index (χ0n) is 14.3. The van der Waals surface area contributed by atoms with Crippen LogP contribution in [-0.2, 0) is 16.0 Å². The predicted molar refractivity (Wildman–Crippen MR) is 86.7 cm³/mol. The van der Waals surface area contributed by atoms with Crippen LogP contribution in [0.2, 0.25) is 0 Å². The third-order valence-corrected chi connectivity index (χ3v) is 3.82. The van der Waals surface area contributed by atoms with Crippen molar-refractivity contribution in [2.24, 2.45) is 5.73 Å². The summed E-state index contributed by atoms with van der Waals surface area (Å²) in [6.45, 7) is 9.18. The summed E-state index contributed by atoms with van der Waals surface area (Å²) in [5, 5.41) is 8.92. The van der Waals surface area contributed by atoms with Crippen molar-refractivity contribution in [2.75, 3.05) is 0 Å². The third kappa shape index (κ3) is 5.56. The van der Waals surface area contributed by atoms with Gasteiger partial charge in [-0.05, 0) is 69.4 Å². The number of nitrogens with two attached hydrogens (primary N) is 1. The van der Waals surface area contributed by atoms with Gasteiger partial charge in [0, 0.05) is 0 Å². The van der Waals surface area contributed by atoms with Gasteiger partial charge in [-0.1, -0.05) is 6.92 Å². The van der Waals surface area contributed by atoms with Crippen LogP contribution in [0.1, 0.15) is 43.9 Å². The van der Waals surface area contributed by atoms with Crippen LogP contribution in [0, 0.1) is 13.8 Å². The molecule has 0 aliphatic carbocycles. The van der Waals surface area contributed by atoms with Gasteiger partial charge in [0.2, 0.25) is 0 Å². The van der Waals surface area contributed by atoms with Crippen molar-refractivity contribution in [1.82, 2.24) is 0 Å². The number of benzene rings is 1. The molecule has 0 bridgehead atoms. The van der Waals surface area contributed by atoms with Gasteiger partial charge in [-0.3, -0.25) is 4.79 Å². The molecule has 3 N–H and O–H groups in total. The van der Waals surface area contributed by atoms with Gasteiger partial charge in [0.25, 0.3) is 0 Å². The second kappa shape index (κ2) is 7.46. The fraction of sp³-hybridized carbons (Fsp3) is 0.529. The smallest absolute Gasteiger partial charge is 0.480 e. The van der Waals surface area contributed by atoms with Gasteiger partial charge in [-0.25, -0.2) is 4.79 Å².